The smallest absolute Gasteiger partial charge is 0.245 e. The van der Waals surface area contributed by atoms with Crippen molar-refractivity contribution in [1.82, 2.24) is 4.90 Å². The highest BCUT2D eigenvalue weighted by Crippen LogP contribution is 2.31. The maximum absolute atomic E-state index is 12.6. The van der Waals surface area contributed by atoms with Crippen LogP contribution in [-0.2, 0) is 4.79 Å². The van der Waals surface area contributed by atoms with E-state index in [-0.39, 0.29) is 11.9 Å². The number of nitrogens with zero attached hydrogens (tertiary/aromatic N) is 1. The first kappa shape index (κ1) is 17.9. The molecular formula is C17H27ClN3O2+. The van der Waals surface area contributed by atoms with E-state index >= 15 is 0 Å². The number of ether oxygens (including phenoxy) is 1. The minimum absolute atomic E-state index is 0.134. The van der Waals surface area contributed by atoms with Crippen LogP contribution in [0.25, 0.3) is 0 Å². The van der Waals surface area contributed by atoms with Gasteiger partial charge in [-0.3, -0.25) is 4.79 Å². The second-order valence-corrected chi connectivity index (χ2v) is 6.50. The van der Waals surface area contributed by atoms with Gasteiger partial charge in [0.15, 0.2) is 0 Å². The van der Waals surface area contributed by atoms with Gasteiger partial charge in [-0.1, -0.05) is 11.6 Å². The Labute approximate surface area is 143 Å². The zero-order valence-electron chi connectivity index (χ0n) is 14.4. The number of quaternary nitrogens is 1. The van der Waals surface area contributed by atoms with E-state index in [1.165, 1.54) is 0 Å². The lowest BCUT2D eigenvalue weighted by Gasteiger charge is -2.33. The van der Waals surface area contributed by atoms with Crippen LogP contribution in [0, 0.1) is 6.92 Å². The number of hydrogen-bond acceptors (Lipinski definition) is 3. The molecule has 1 heterocycles. The minimum atomic E-state index is -0.298. The van der Waals surface area contributed by atoms with Crippen LogP contribution in [-0.4, -0.2) is 56.7 Å². The molecular weight excluding hydrogens is 314 g/mol. The zero-order valence-corrected chi connectivity index (χ0v) is 15.2. The molecule has 0 radical (unpaired) electrons. The van der Waals surface area contributed by atoms with E-state index < -0.39 is 0 Å². The number of piperazine rings is 1. The van der Waals surface area contributed by atoms with E-state index in [4.69, 9.17) is 16.3 Å². The normalized spacial score (nSPS) is 17.0. The summed E-state index contributed by atoms with van der Waals surface area (Å²) in [4.78, 5) is 16.1. The molecule has 128 valence electrons. The average Bonchev–Trinajstić information content (AvgIpc) is 2.57. The highest BCUT2D eigenvalue weighted by Gasteiger charge is 2.26. The van der Waals surface area contributed by atoms with Crippen molar-refractivity contribution in [2.24, 2.45) is 0 Å². The van der Waals surface area contributed by atoms with E-state index in [0.717, 1.165) is 44.0 Å². The first-order valence-electron chi connectivity index (χ1n) is 8.19. The van der Waals surface area contributed by atoms with Crippen LogP contribution in [0.15, 0.2) is 12.1 Å². The lowest BCUT2D eigenvalue weighted by molar-refractivity contribution is -0.902. The number of amides is 1. The summed E-state index contributed by atoms with van der Waals surface area (Å²) in [7, 11) is 1.60. The minimum Gasteiger partial charge on any atom is -0.495 e. The van der Waals surface area contributed by atoms with Gasteiger partial charge >= 0.3 is 0 Å². The van der Waals surface area contributed by atoms with Crippen LogP contribution >= 0.6 is 11.6 Å². The number of benzene rings is 1. The highest BCUT2D eigenvalue weighted by molar-refractivity contribution is 6.31. The van der Waals surface area contributed by atoms with Crippen molar-refractivity contribution in [3.63, 3.8) is 0 Å². The molecule has 1 aromatic rings. The lowest BCUT2D eigenvalue weighted by Crippen LogP contribution is -3.14. The zero-order chi connectivity index (χ0) is 17.0. The third-order valence-corrected chi connectivity index (χ3v) is 4.91. The Morgan fingerprint density at radius 1 is 1.43 bits per heavy atom. The van der Waals surface area contributed by atoms with Gasteiger partial charge < -0.3 is 19.9 Å². The van der Waals surface area contributed by atoms with Crippen molar-refractivity contribution < 1.29 is 14.4 Å². The summed E-state index contributed by atoms with van der Waals surface area (Å²) < 4.78 is 5.36. The molecule has 1 aromatic carbocycles. The molecule has 5 nitrogen and oxygen atoms in total. The quantitative estimate of drug-likeness (QED) is 0.847. The molecule has 6 heteroatoms. The second kappa shape index (κ2) is 7.88. The van der Waals surface area contributed by atoms with Gasteiger partial charge in [0, 0.05) is 11.1 Å². The fourth-order valence-corrected chi connectivity index (χ4v) is 3.06. The number of aryl methyl sites for hydroxylation is 1. The number of hydrogen-bond donors (Lipinski definition) is 2. The summed E-state index contributed by atoms with van der Waals surface area (Å²) >= 11 is 6.13. The maximum atomic E-state index is 12.6. The molecule has 1 saturated heterocycles. The molecule has 1 aliphatic heterocycles. The third-order valence-electron chi connectivity index (χ3n) is 4.51. The largest absolute Gasteiger partial charge is 0.495 e. The molecule has 0 spiro atoms. The van der Waals surface area contributed by atoms with Crippen molar-refractivity contribution in [3.8, 4) is 5.75 Å². The average molecular weight is 341 g/mol. The predicted octanol–water partition coefficient (Wildman–Crippen LogP) is 1.20. The topological polar surface area (TPSA) is 46.0 Å². The molecule has 23 heavy (non-hydrogen) atoms. The number of likely N-dealkylation sites (N-methyl/N-ethyl adjacent to an activating group) is 1. The van der Waals surface area contributed by atoms with Gasteiger partial charge in [-0.25, -0.2) is 0 Å². The Morgan fingerprint density at radius 3 is 2.65 bits per heavy atom. The predicted molar refractivity (Wildman–Crippen MR) is 93.6 cm³/mol. The van der Waals surface area contributed by atoms with Gasteiger partial charge in [0.25, 0.3) is 0 Å². The van der Waals surface area contributed by atoms with Crippen LogP contribution in [0.4, 0.5) is 5.69 Å². The molecule has 0 saturated carbocycles. The summed E-state index contributed by atoms with van der Waals surface area (Å²) in [6, 6.07) is 3.40. The van der Waals surface area contributed by atoms with E-state index in [1.54, 1.807) is 18.1 Å². The van der Waals surface area contributed by atoms with E-state index in [0.29, 0.717) is 10.8 Å². The van der Waals surface area contributed by atoms with Gasteiger partial charge in [-0.05, 0) is 32.4 Å². The van der Waals surface area contributed by atoms with E-state index in [2.05, 4.69) is 12.2 Å². The number of nitrogens with one attached hydrogen (secondary N) is 2. The van der Waals surface area contributed by atoms with Crippen molar-refractivity contribution in [2.75, 3.05) is 45.2 Å². The lowest BCUT2D eigenvalue weighted by atomic mass is 10.1. The van der Waals surface area contributed by atoms with Crippen LogP contribution < -0.4 is 15.0 Å². The number of methoxy groups -OCH3 is 1. The van der Waals surface area contributed by atoms with Gasteiger partial charge in [0.1, 0.15) is 11.8 Å². The Balaban J connectivity index is 2.03. The molecule has 0 unspecified atom stereocenters. The summed E-state index contributed by atoms with van der Waals surface area (Å²) in [6.45, 7) is 10.8. The molecule has 2 N–H and O–H groups in total. The molecule has 1 aliphatic rings. The van der Waals surface area contributed by atoms with Gasteiger partial charge in [-0.2, -0.15) is 0 Å². The Morgan fingerprint density at radius 2 is 2.09 bits per heavy atom. The summed E-state index contributed by atoms with van der Waals surface area (Å²) in [5.41, 5.74) is 1.75. The van der Waals surface area contributed by atoms with E-state index in [1.807, 2.05) is 24.8 Å². The van der Waals surface area contributed by atoms with Gasteiger partial charge in [0.05, 0.1) is 45.5 Å². The molecule has 2 rings (SSSR count). The fraction of sp³-hybridized carbons (Fsp3) is 0.588. The molecule has 0 bridgehead atoms. The maximum Gasteiger partial charge on any atom is 0.245 e. The molecule has 1 atom stereocenters. The van der Waals surface area contributed by atoms with Crippen molar-refractivity contribution in [2.45, 2.75) is 26.8 Å². The SMILES string of the molecule is CC[NH+]1CCN(C(=O)[C@H](C)Nc2cc(C)c(Cl)cc2OC)CC1. The van der Waals surface area contributed by atoms with Crippen LogP contribution in [0.3, 0.4) is 0 Å². The molecule has 0 aromatic heterocycles. The number of carbonyl (C=O) groups excluding carboxylic acids is 1. The van der Waals surface area contributed by atoms with Crippen molar-refractivity contribution >= 4 is 23.2 Å². The first-order chi connectivity index (χ1) is 11.0. The molecule has 1 amide bonds. The third kappa shape index (κ3) is 4.30. The number of carbonyl (C=O) groups is 1. The molecule has 1 fully saturated rings. The van der Waals surface area contributed by atoms with Gasteiger partial charge in [-0.15, -0.1) is 0 Å². The number of anilines is 1. The standard InChI is InChI=1S/C17H26ClN3O2/c1-5-20-6-8-21(9-7-20)17(22)13(3)19-15-10-12(2)14(18)11-16(15)23-4/h10-11,13,19H,5-9H2,1-4H3/p+1/t13-/m0/s1. The van der Waals surface area contributed by atoms with Crippen LogP contribution in [0.5, 0.6) is 5.75 Å². The Hall–Kier alpha value is -1.46. The van der Waals surface area contributed by atoms with E-state index in [9.17, 15) is 4.79 Å². The van der Waals surface area contributed by atoms with Crippen LogP contribution in [0.1, 0.15) is 19.4 Å². The summed E-state index contributed by atoms with van der Waals surface area (Å²) in [6.07, 6.45) is 0. The highest BCUT2D eigenvalue weighted by atomic mass is 35.5. The Kier molecular flexibility index (Phi) is 6.13. The van der Waals surface area contributed by atoms with Crippen LogP contribution in [0.2, 0.25) is 5.02 Å². The summed E-state index contributed by atoms with van der Waals surface area (Å²) in [5.74, 6) is 0.787. The van der Waals surface area contributed by atoms with Crippen molar-refractivity contribution in [3.05, 3.63) is 22.7 Å². The molecule has 0 aliphatic carbocycles. The first-order valence-corrected chi connectivity index (χ1v) is 8.57. The number of halogens is 1. The number of rotatable bonds is 5. The second-order valence-electron chi connectivity index (χ2n) is 6.10. The summed E-state index contributed by atoms with van der Waals surface area (Å²) in [5, 5.41) is 3.93. The van der Waals surface area contributed by atoms with Gasteiger partial charge in [0.2, 0.25) is 5.91 Å². The fourth-order valence-electron chi connectivity index (χ4n) is 2.91. The Bertz CT molecular complexity index is 557. The monoisotopic (exact) mass is 340 g/mol. The van der Waals surface area contributed by atoms with Crippen molar-refractivity contribution in [1.29, 1.82) is 0 Å².